The van der Waals surface area contributed by atoms with E-state index < -0.39 is 18.6 Å². The number of nitrogens with one attached hydrogen (secondary N) is 1. The minimum atomic E-state index is -4.18. The van der Waals surface area contributed by atoms with Crippen LogP contribution in [0.15, 0.2) is 0 Å². The first-order valence-corrected chi connectivity index (χ1v) is 5.03. The largest absolute Gasteiger partial charge is 0.389 e. The zero-order chi connectivity index (χ0) is 11.5. The Hall–Kier alpha value is -0.490. The van der Waals surface area contributed by atoms with Crippen LogP contribution in [0.4, 0.5) is 13.2 Å². The van der Waals surface area contributed by atoms with E-state index in [9.17, 15) is 18.0 Å². The first-order valence-electron chi connectivity index (χ1n) is 5.03. The SMILES string of the molecule is CCN1CCNC(CCC(F)(F)F)C1=O.Cl. The number of piperazine rings is 1. The van der Waals surface area contributed by atoms with Gasteiger partial charge < -0.3 is 10.2 Å². The lowest BCUT2D eigenvalue weighted by Crippen LogP contribution is -2.55. The van der Waals surface area contributed by atoms with Crippen LogP contribution >= 0.6 is 12.4 Å². The summed E-state index contributed by atoms with van der Waals surface area (Å²) in [7, 11) is 0. The molecule has 7 heteroatoms. The van der Waals surface area contributed by atoms with Crippen molar-refractivity contribution in [2.75, 3.05) is 19.6 Å². The van der Waals surface area contributed by atoms with E-state index in [2.05, 4.69) is 5.32 Å². The lowest BCUT2D eigenvalue weighted by Gasteiger charge is -2.32. The summed E-state index contributed by atoms with van der Waals surface area (Å²) in [5.74, 6) is -0.215. The van der Waals surface area contributed by atoms with Crippen molar-refractivity contribution < 1.29 is 18.0 Å². The number of likely N-dealkylation sites (N-methyl/N-ethyl adjacent to an activating group) is 1. The number of carbonyl (C=O) groups excluding carboxylic acids is 1. The minimum absolute atomic E-state index is 0. The number of hydrogen-bond donors (Lipinski definition) is 1. The molecule has 0 spiro atoms. The highest BCUT2D eigenvalue weighted by Gasteiger charge is 2.33. The van der Waals surface area contributed by atoms with Crippen molar-refractivity contribution >= 4 is 18.3 Å². The quantitative estimate of drug-likeness (QED) is 0.836. The fourth-order valence-corrected chi connectivity index (χ4v) is 1.64. The van der Waals surface area contributed by atoms with Crippen molar-refractivity contribution in [1.82, 2.24) is 10.2 Å². The van der Waals surface area contributed by atoms with E-state index in [0.29, 0.717) is 19.6 Å². The van der Waals surface area contributed by atoms with Crippen molar-refractivity contribution in [3.05, 3.63) is 0 Å². The third-order valence-electron chi connectivity index (χ3n) is 2.48. The van der Waals surface area contributed by atoms with Gasteiger partial charge in [-0.05, 0) is 13.3 Å². The van der Waals surface area contributed by atoms with Gasteiger partial charge in [0.15, 0.2) is 0 Å². The summed E-state index contributed by atoms with van der Waals surface area (Å²) >= 11 is 0. The van der Waals surface area contributed by atoms with Crippen LogP contribution in [-0.2, 0) is 4.79 Å². The molecule has 1 aliphatic rings. The first-order chi connectivity index (χ1) is 6.94. The van der Waals surface area contributed by atoms with Gasteiger partial charge in [-0.3, -0.25) is 4.79 Å². The Morgan fingerprint density at radius 3 is 2.62 bits per heavy atom. The maximum atomic E-state index is 12.0. The van der Waals surface area contributed by atoms with Gasteiger partial charge in [-0.2, -0.15) is 13.2 Å². The van der Waals surface area contributed by atoms with Crippen molar-refractivity contribution in [1.29, 1.82) is 0 Å². The highest BCUT2D eigenvalue weighted by molar-refractivity contribution is 5.85. The lowest BCUT2D eigenvalue weighted by molar-refractivity contribution is -0.144. The van der Waals surface area contributed by atoms with Crippen LogP contribution in [0.2, 0.25) is 0 Å². The highest BCUT2D eigenvalue weighted by atomic mass is 35.5. The van der Waals surface area contributed by atoms with Crippen molar-refractivity contribution in [2.45, 2.75) is 32.0 Å². The van der Waals surface area contributed by atoms with E-state index in [1.165, 1.54) is 0 Å². The Morgan fingerprint density at radius 2 is 2.12 bits per heavy atom. The molecule has 0 aromatic carbocycles. The summed E-state index contributed by atoms with van der Waals surface area (Å²) in [6, 6.07) is -0.666. The molecule has 96 valence electrons. The minimum Gasteiger partial charge on any atom is -0.340 e. The summed E-state index contributed by atoms with van der Waals surface area (Å²) in [5.41, 5.74) is 0. The molecule has 0 aromatic rings. The highest BCUT2D eigenvalue weighted by Crippen LogP contribution is 2.23. The number of nitrogens with zero attached hydrogens (tertiary/aromatic N) is 1. The van der Waals surface area contributed by atoms with Gasteiger partial charge in [-0.15, -0.1) is 12.4 Å². The summed E-state index contributed by atoms with van der Waals surface area (Å²) in [6.07, 6.45) is -5.26. The normalized spacial score (nSPS) is 21.9. The summed E-state index contributed by atoms with van der Waals surface area (Å²) in [4.78, 5) is 13.2. The molecule has 0 radical (unpaired) electrons. The molecule has 0 aliphatic carbocycles. The number of carbonyl (C=O) groups is 1. The second kappa shape index (κ2) is 6.30. The number of alkyl halides is 3. The number of halogens is 4. The summed E-state index contributed by atoms with van der Waals surface area (Å²) in [5, 5.41) is 2.81. The Kier molecular flexibility index (Phi) is 6.10. The molecule has 1 amide bonds. The van der Waals surface area contributed by atoms with E-state index in [1.807, 2.05) is 6.92 Å². The third-order valence-corrected chi connectivity index (χ3v) is 2.48. The molecule has 1 unspecified atom stereocenters. The van der Waals surface area contributed by atoms with Crippen LogP contribution in [0, 0.1) is 0 Å². The molecule has 1 rings (SSSR count). The van der Waals surface area contributed by atoms with Crippen LogP contribution in [0.1, 0.15) is 19.8 Å². The molecule has 1 aliphatic heterocycles. The Bertz CT molecular complexity index is 235. The molecule has 0 aromatic heterocycles. The second-order valence-corrected chi connectivity index (χ2v) is 3.58. The Morgan fingerprint density at radius 1 is 1.50 bits per heavy atom. The van der Waals surface area contributed by atoms with Crippen molar-refractivity contribution in [3.8, 4) is 0 Å². The van der Waals surface area contributed by atoms with Gasteiger partial charge >= 0.3 is 6.18 Å². The van der Waals surface area contributed by atoms with Crippen LogP contribution in [0.3, 0.4) is 0 Å². The molecule has 0 saturated carbocycles. The van der Waals surface area contributed by atoms with Crippen LogP contribution < -0.4 is 5.32 Å². The average Bonchev–Trinajstić information content (AvgIpc) is 2.15. The standard InChI is InChI=1S/C9H15F3N2O.ClH/c1-2-14-6-5-13-7(8(14)15)3-4-9(10,11)12;/h7,13H,2-6H2,1H3;1H. The number of rotatable bonds is 3. The fourth-order valence-electron chi connectivity index (χ4n) is 1.64. The van der Waals surface area contributed by atoms with Crippen LogP contribution in [-0.4, -0.2) is 42.7 Å². The lowest BCUT2D eigenvalue weighted by atomic mass is 10.1. The number of hydrogen-bond acceptors (Lipinski definition) is 2. The van der Waals surface area contributed by atoms with Gasteiger partial charge in [0.1, 0.15) is 0 Å². The van der Waals surface area contributed by atoms with E-state index in [4.69, 9.17) is 0 Å². The summed E-state index contributed by atoms with van der Waals surface area (Å²) < 4.78 is 35.9. The molecule has 3 nitrogen and oxygen atoms in total. The molecule has 16 heavy (non-hydrogen) atoms. The molecule has 1 saturated heterocycles. The Labute approximate surface area is 98.8 Å². The molecule has 1 heterocycles. The molecule has 1 N–H and O–H groups in total. The predicted octanol–water partition coefficient (Wildman–Crippen LogP) is 1.57. The Balaban J connectivity index is 0.00000225. The second-order valence-electron chi connectivity index (χ2n) is 3.58. The predicted molar refractivity (Wildman–Crippen MR) is 56.6 cm³/mol. The number of amides is 1. The van der Waals surface area contributed by atoms with E-state index in [-0.39, 0.29) is 24.7 Å². The van der Waals surface area contributed by atoms with Crippen molar-refractivity contribution in [3.63, 3.8) is 0 Å². The van der Waals surface area contributed by atoms with Gasteiger partial charge in [0.2, 0.25) is 5.91 Å². The molecular formula is C9H16ClF3N2O. The van der Waals surface area contributed by atoms with E-state index in [1.54, 1.807) is 4.90 Å². The van der Waals surface area contributed by atoms with Gasteiger partial charge in [-0.25, -0.2) is 0 Å². The van der Waals surface area contributed by atoms with Gasteiger partial charge in [0, 0.05) is 26.1 Å². The van der Waals surface area contributed by atoms with Gasteiger partial charge in [0.25, 0.3) is 0 Å². The zero-order valence-electron chi connectivity index (χ0n) is 9.01. The molecule has 0 bridgehead atoms. The fraction of sp³-hybridized carbons (Fsp3) is 0.889. The van der Waals surface area contributed by atoms with Crippen molar-refractivity contribution in [2.24, 2.45) is 0 Å². The molecular weight excluding hydrogens is 245 g/mol. The molecule has 1 fully saturated rings. The smallest absolute Gasteiger partial charge is 0.340 e. The van der Waals surface area contributed by atoms with Gasteiger partial charge in [-0.1, -0.05) is 0 Å². The maximum Gasteiger partial charge on any atom is 0.389 e. The van der Waals surface area contributed by atoms with Gasteiger partial charge in [0.05, 0.1) is 6.04 Å². The zero-order valence-corrected chi connectivity index (χ0v) is 9.83. The van der Waals surface area contributed by atoms with Crippen LogP contribution in [0.5, 0.6) is 0 Å². The van der Waals surface area contributed by atoms with E-state index in [0.717, 1.165) is 0 Å². The van der Waals surface area contributed by atoms with E-state index >= 15 is 0 Å². The maximum absolute atomic E-state index is 12.0. The third kappa shape index (κ3) is 4.57. The summed E-state index contributed by atoms with van der Waals surface area (Å²) in [6.45, 7) is 3.53. The first kappa shape index (κ1) is 15.5. The topological polar surface area (TPSA) is 32.3 Å². The molecule has 1 atom stereocenters. The average molecular weight is 261 g/mol. The van der Waals surface area contributed by atoms with Crippen LogP contribution in [0.25, 0.3) is 0 Å². The monoisotopic (exact) mass is 260 g/mol.